The highest BCUT2D eigenvalue weighted by molar-refractivity contribution is 9.10. The van der Waals surface area contributed by atoms with E-state index in [0.717, 1.165) is 0 Å². The molecular formula is C10H10BrCl2F. The van der Waals surface area contributed by atoms with Crippen LogP contribution in [0.5, 0.6) is 0 Å². The van der Waals surface area contributed by atoms with E-state index in [1.165, 1.54) is 0 Å². The number of rotatable bonds is 3. The van der Waals surface area contributed by atoms with Crippen LogP contribution in [-0.4, -0.2) is 5.88 Å². The Morgan fingerprint density at radius 3 is 2.71 bits per heavy atom. The molecule has 4 heteroatoms. The van der Waals surface area contributed by atoms with Gasteiger partial charge in [0.2, 0.25) is 0 Å². The van der Waals surface area contributed by atoms with Gasteiger partial charge < -0.3 is 0 Å². The van der Waals surface area contributed by atoms with E-state index in [1.54, 1.807) is 12.1 Å². The number of benzene rings is 1. The predicted octanol–water partition coefficient (Wildman–Crippen LogP) is 4.66. The number of hydrogen-bond donors (Lipinski definition) is 0. The fraction of sp³-hybridized carbons (Fsp3) is 0.400. The van der Waals surface area contributed by atoms with Gasteiger partial charge in [-0.2, -0.15) is 0 Å². The van der Waals surface area contributed by atoms with E-state index in [0.29, 0.717) is 22.3 Å². The van der Waals surface area contributed by atoms with Gasteiger partial charge in [-0.25, -0.2) is 4.39 Å². The molecule has 0 aromatic heterocycles. The molecule has 0 aliphatic rings. The van der Waals surface area contributed by atoms with Crippen molar-refractivity contribution in [3.8, 4) is 0 Å². The van der Waals surface area contributed by atoms with Crippen molar-refractivity contribution in [2.75, 3.05) is 5.88 Å². The lowest BCUT2D eigenvalue weighted by molar-refractivity contribution is 0.576. The Kier molecular flexibility index (Phi) is 4.68. The highest BCUT2D eigenvalue weighted by Gasteiger charge is 2.12. The van der Waals surface area contributed by atoms with Gasteiger partial charge in [0, 0.05) is 10.4 Å². The van der Waals surface area contributed by atoms with Crippen LogP contribution in [-0.2, 0) is 6.42 Å². The molecule has 0 saturated heterocycles. The fourth-order valence-corrected chi connectivity index (χ4v) is 1.75. The zero-order valence-electron chi connectivity index (χ0n) is 7.66. The van der Waals surface area contributed by atoms with Gasteiger partial charge in [-0.1, -0.05) is 24.6 Å². The molecule has 78 valence electrons. The molecule has 14 heavy (non-hydrogen) atoms. The SMILES string of the molecule is CC(CCl)Cc1ccc(Br)c(Cl)c1F. The van der Waals surface area contributed by atoms with E-state index in [4.69, 9.17) is 23.2 Å². The van der Waals surface area contributed by atoms with Crippen molar-refractivity contribution in [1.82, 2.24) is 0 Å². The van der Waals surface area contributed by atoms with Crippen LogP contribution in [0.3, 0.4) is 0 Å². The summed E-state index contributed by atoms with van der Waals surface area (Å²) < 4.78 is 14.1. The van der Waals surface area contributed by atoms with Crippen LogP contribution in [0.2, 0.25) is 5.02 Å². The quantitative estimate of drug-likeness (QED) is 0.562. The molecule has 0 spiro atoms. The Labute approximate surface area is 102 Å². The Balaban J connectivity index is 2.94. The Hall–Kier alpha value is 0.210. The molecule has 1 unspecified atom stereocenters. The van der Waals surface area contributed by atoms with Crippen LogP contribution in [0.15, 0.2) is 16.6 Å². The second-order valence-electron chi connectivity index (χ2n) is 3.30. The standard InChI is InChI=1S/C10H10BrCl2F/c1-6(5-12)4-7-2-3-8(11)9(13)10(7)14/h2-3,6H,4-5H2,1H3. The number of hydrogen-bond acceptors (Lipinski definition) is 0. The first kappa shape index (κ1) is 12.3. The van der Waals surface area contributed by atoms with Gasteiger partial charge in [0.05, 0.1) is 5.02 Å². The van der Waals surface area contributed by atoms with E-state index < -0.39 is 0 Å². The maximum absolute atomic E-state index is 13.6. The third-order valence-corrected chi connectivity index (χ3v) is 3.73. The third-order valence-electron chi connectivity index (χ3n) is 1.95. The summed E-state index contributed by atoms with van der Waals surface area (Å²) in [5.74, 6) is 0.425. The zero-order valence-corrected chi connectivity index (χ0v) is 10.8. The maximum Gasteiger partial charge on any atom is 0.146 e. The van der Waals surface area contributed by atoms with Gasteiger partial charge in [0.1, 0.15) is 5.82 Å². The van der Waals surface area contributed by atoms with Crippen molar-refractivity contribution in [2.24, 2.45) is 5.92 Å². The summed E-state index contributed by atoms with van der Waals surface area (Å²) in [6.07, 6.45) is 0.613. The summed E-state index contributed by atoms with van der Waals surface area (Å²) in [4.78, 5) is 0. The van der Waals surface area contributed by atoms with Gasteiger partial charge in [-0.3, -0.25) is 0 Å². The summed E-state index contributed by atoms with van der Waals surface area (Å²) >= 11 is 14.6. The first-order valence-corrected chi connectivity index (χ1v) is 5.95. The molecule has 0 fully saturated rings. The average Bonchev–Trinajstić information content (AvgIpc) is 2.19. The Morgan fingerprint density at radius 1 is 1.50 bits per heavy atom. The van der Waals surface area contributed by atoms with Crippen LogP contribution in [0, 0.1) is 11.7 Å². The summed E-state index contributed by atoms with van der Waals surface area (Å²) in [6, 6.07) is 3.48. The molecule has 0 radical (unpaired) electrons. The maximum atomic E-state index is 13.6. The summed E-state index contributed by atoms with van der Waals surface area (Å²) in [6.45, 7) is 1.97. The van der Waals surface area contributed by atoms with Gasteiger partial charge in [-0.15, -0.1) is 11.6 Å². The number of halogens is 4. The van der Waals surface area contributed by atoms with Crippen LogP contribution in [0.1, 0.15) is 12.5 Å². The number of alkyl halides is 1. The van der Waals surface area contributed by atoms with E-state index in [2.05, 4.69) is 15.9 Å². The molecule has 1 rings (SSSR count). The molecule has 0 saturated carbocycles. The Morgan fingerprint density at radius 2 is 2.14 bits per heavy atom. The molecule has 0 N–H and O–H groups in total. The smallest absolute Gasteiger partial charge is 0.146 e. The topological polar surface area (TPSA) is 0 Å². The largest absolute Gasteiger partial charge is 0.205 e. The van der Waals surface area contributed by atoms with E-state index in [9.17, 15) is 4.39 Å². The van der Waals surface area contributed by atoms with Crippen molar-refractivity contribution >= 4 is 39.1 Å². The van der Waals surface area contributed by atoms with E-state index in [-0.39, 0.29) is 16.8 Å². The second kappa shape index (κ2) is 5.34. The van der Waals surface area contributed by atoms with E-state index >= 15 is 0 Å². The molecule has 0 aliphatic heterocycles. The highest BCUT2D eigenvalue weighted by Crippen LogP contribution is 2.28. The summed E-state index contributed by atoms with van der Waals surface area (Å²) in [5.41, 5.74) is 0.617. The first-order valence-electron chi connectivity index (χ1n) is 4.24. The predicted molar refractivity (Wildman–Crippen MR) is 62.7 cm³/mol. The lowest BCUT2D eigenvalue weighted by Gasteiger charge is -2.09. The van der Waals surface area contributed by atoms with Crippen molar-refractivity contribution in [1.29, 1.82) is 0 Å². The van der Waals surface area contributed by atoms with Crippen LogP contribution in [0.4, 0.5) is 4.39 Å². The zero-order chi connectivity index (χ0) is 10.7. The van der Waals surface area contributed by atoms with Crippen LogP contribution >= 0.6 is 39.1 Å². The van der Waals surface area contributed by atoms with Crippen LogP contribution < -0.4 is 0 Å². The van der Waals surface area contributed by atoms with Crippen molar-refractivity contribution in [2.45, 2.75) is 13.3 Å². The first-order chi connectivity index (χ1) is 6.56. The monoisotopic (exact) mass is 298 g/mol. The molecular weight excluding hydrogens is 290 g/mol. The van der Waals surface area contributed by atoms with Gasteiger partial charge in [-0.05, 0) is 39.9 Å². The lowest BCUT2D eigenvalue weighted by Crippen LogP contribution is -2.03. The molecule has 1 atom stereocenters. The summed E-state index contributed by atoms with van der Waals surface area (Å²) in [7, 11) is 0. The molecule has 1 aromatic carbocycles. The molecule has 0 aliphatic carbocycles. The molecule has 1 aromatic rings. The normalized spacial score (nSPS) is 12.9. The highest BCUT2D eigenvalue weighted by atomic mass is 79.9. The van der Waals surface area contributed by atoms with Crippen LogP contribution in [0.25, 0.3) is 0 Å². The Bertz CT molecular complexity index is 328. The second-order valence-corrected chi connectivity index (χ2v) is 4.84. The minimum absolute atomic E-state index is 0.143. The van der Waals surface area contributed by atoms with Crippen molar-refractivity contribution in [3.63, 3.8) is 0 Å². The summed E-state index contributed by atoms with van der Waals surface area (Å²) in [5, 5.41) is 0.143. The lowest BCUT2D eigenvalue weighted by atomic mass is 10.0. The van der Waals surface area contributed by atoms with E-state index in [1.807, 2.05) is 6.92 Å². The third kappa shape index (κ3) is 2.85. The van der Waals surface area contributed by atoms with Crippen molar-refractivity contribution in [3.05, 3.63) is 33.0 Å². The fourth-order valence-electron chi connectivity index (χ4n) is 1.15. The van der Waals surface area contributed by atoms with Gasteiger partial charge >= 0.3 is 0 Å². The van der Waals surface area contributed by atoms with Gasteiger partial charge in [0.15, 0.2) is 0 Å². The molecule has 0 heterocycles. The minimum atomic E-state index is -0.349. The van der Waals surface area contributed by atoms with Gasteiger partial charge in [0.25, 0.3) is 0 Å². The van der Waals surface area contributed by atoms with Crippen molar-refractivity contribution < 1.29 is 4.39 Å². The average molecular weight is 300 g/mol. The minimum Gasteiger partial charge on any atom is -0.205 e. The molecule has 0 amide bonds. The molecule has 0 bridgehead atoms. The molecule has 0 nitrogen and oxygen atoms in total.